The minimum Gasteiger partial charge on any atom is -0.330 e. The van der Waals surface area contributed by atoms with E-state index < -0.39 is 40.9 Å². The van der Waals surface area contributed by atoms with Gasteiger partial charge < -0.3 is 11.5 Å². The van der Waals surface area contributed by atoms with Gasteiger partial charge in [0.2, 0.25) is 0 Å². The third-order valence-electron chi connectivity index (χ3n) is 2.61. The van der Waals surface area contributed by atoms with Crippen molar-refractivity contribution in [2.75, 3.05) is 6.54 Å². The highest BCUT2D eigenvalue weighted by atomic mass is 19.4. The van der Waals surface area contributed by atoms with Gasteiger partial charge in [-0.3, -0.25) is 0 Å². The summed E-state index contributed by atoms with van der Waals surface area (Å²) in [7, 11) is 0. The molecule has 2 nitrogen and oxygen atoms in total. The van der Waals surface area contributed by atoms with Gasteiger partial charge >= 0.3 is 12.4 Å². The maximum absolute atomic E-state index is 13.6. The van der Waals surface area contributed by atoms with E-state index in [1.807, 2.05) is 0 Å². The van der Waals surface area contributed by atoms with Crippen LogP contribution in [-0.2, 0) is 12.4 Å². The molecule has 0 saturated carbocycles. The molecule has 0 saturated heterocycles. The molecular formula is C11H11F7N2. The molecule has 1 rings (SSSR count). The molecule has 114 valence electrons. The van der Waals surface area contributed by atoms with Crippen LogP contribution in [0.25, 0.3) is 0 Å². The van der Waals surface area contributed by atoms with Crippen molar-refractivity contribution in [3.63, 3.8) is 0 Å². The molecule has 1 aromatic rings. The third kappa shape index (κ3) is 3.60. The average molecular weight is 304 g/mol. The molecule has 0 aliphatic carbocycles. The normalized spacial score (nSPS) is 14.4. The van der Waals surface area contributed by atoms with Crippen LogP contribution in [0.15, 0.2) is 12.1 Å². The molecule has 0 aliphatic heterocycles. The molecule has 0 aliphatic rings. The number of halogens is 7. The van der Waals surface area contributed by atoms with Crippen molar-refractivity contribution >= 4 is 0 Å². The van der Waals surface area contributed by atoms with Crippen molar-refractivity contribution in [1.82, 2.24) is 0 Å². The van der Waals surface area contributed by atoms with Crippen molar-refractivity contribution in [3.8, 4) is 0 Å². The topological polar surface area (TPSA) is 52.0 Å². The number of alkyl halides is 6. The molecule has 0 bridgehead atoms. The molecule has 0 amide bonds. The highest BCUT2D eigenvalue weighted by Gasteiger charge is 2.40. The molecule has 0 fully saturated rings. The Bertz CT molecular complexity index is 479. The Morgan fingerprint density at radius 3 is 1.95 bits per heavy atom. The fraction of sp³-hybridized carbons (Fsp3) is 0.455. The van der Waals surface area contributed by atoms with Crippen molar-refractivity contribution in [2.45, 2.75) is 24.8 Å². The summed E-state index contributed by atoms with van der Waals surface area (Å²) in [5.41, 5.74) is 6.02. The smallest absolute Gasteiger partial charge is 0.330 e. The van der Waals surface area contributed by atoms with Crippen LogP contribution in [0, 0.1) is 5.82 Å². The Hall–Kier alpha value is -1.35. The van der Waals surface area contributed by atoms with Crippen molar-refractivity contribution in [2.24, 2.45) is 11.5 Å². The van der Waals surface area contributed by atoms with Crippen LogP contribution in [0.4, 0.5) is 30.7 Å². The van der Waals surface area contributed by atoms with Gasteiger partial charge in [-0.1, -0.05) is 0 Å². The summed E-state index contributed by atoms with van der Waals surface area (Å²) < 4.78 is 89.2. The van der Waals surface area contributed by atoms with Gasteiger partial charge in [0.15, 0.2) is 0 Å². The van der Waals surface area contributed by atoms with Crippen molar-refractivity contribution < 1.29 is 30.7 Å². The summed E-state index contributed by atoms with van der Waals surface area (Å²) in [6, 6.07) is -1.57. The second kappa shape index (κ2) is 5.57. The molecule has 0 spiro atoms. The molecule has 0 radical (unpaired) electrons. The quantitative estimate of drug-likeness (QED) is 0.843. The fourth-order valence-corrected chi connectivity index (χ4v) is 1.72. The van der Waals surface area contributed by atoms with E-state index in [1.165, 1.54) is 0 Å². The van der Waals surface area contributed by atoms with E-state index in [2.05, 4.69) is 0 Å². The highest BCUT2D eigenvalue weighted by Crippen LogP contribution is 2.40. The van der Waals surface area contributed by atoms with E-state index in [9.17, 15) is 30.7 Å². The van der Waals surface area contributed by atoms with Gasteiger partial charge in [-0.05, 0) is 25.1 Å². The lowest BCUT2D eigenvalue weighted by Crippen LogP contribution is -2.23. The second-order valence-corrected chi connectivity index (χ2v) is 4.10. The third-order valence-corrected chi connectivity index (χ3v) is 2.61. The molecule has 20 heavy (non-hydrogen) atoms. The van der Waals surface area contributed by atoms with E-state index in [0.717, 1.165) is 0 Å². The monoisotopic (exact) mass is 304 g/mol. The van der Waals surface area contributed by atoms with Crippen LogP contribution in [-0.4, -0.2) is 6.54 Å². The summed E-state index contributed by atoms with van der Waals surface area (Å²) >= 11 is 0. The van der Waals surface area contributed by atoms with Gasteiger partial charge in [-0.25, -0.2) is 4.39 Å². The van der Waals surface area contributed by atoms with Gasteiger partial charge in [0.1, 0.15) is 5.82 Å². The summed E-state index contributed by atoms with van der Waals surface area (Å²) in [6.07, 6.45) is -10.4. The van der Waals surface area contributed by atoms with Crippen molar-refractivity contribution in [3.05, 3.63) is 34.6 Å². The zero-order valence-corrected chi connectivity index (χ0v) is 9.95. The Morgan fingerprint density at radius 2 is 1.55 bits per heavy atom. The molecule has 1 aromatic carbocycles. The van der Waals surface area contributed by atoms with Gasteiger partial charge in [0.25, 0.3) is 0 Å². The van der Waals surface area contributed by atoms with Crippen LogP contribution in [0.3, 0.4) is 0 Å². The first-order chi connectivity index (χ1) is 8.98. The second-order valence-electron chi connectivity index (χ2n) is 4.10. The lowest BCUT2D eigenvalue weighted by molar-refractivity contribution is -0.144. The van der Waals surface area contributed by atoms with Gasteiger partial charge in [-0.15, -0.1) is 0 Å². The van der Waals surface area contributed by atoms with E-state index in [-0.39, 0.29) is 25.1 Å². The summed E-state index contributed by atoms with van der Waals surface area (Å²) in [5.74, 6) is -1.65. The fourth-order valence-electron chi connectivity index (χ4n) is 1.72. The van der Waals surface area contributed by atoms with Gasteiger partial charge in [0.05, 0.1) is 11.1 Å². The molecular weight excluding hydrogens is 293 g/mol. The van der Waals surface area contributed by atoms with Crippen LogP contribution >= 0.6 is 0 Å². The number of nitrogens with two attached hydrogens (primary N) is 2. The molecule has 0 heterocycles. The number of hydrogen-bond acceptors (Lipinski definition) is 2. The highest BCUT2D eigenvalue weighted by molar-refractivity contribution is 5.38. The molecule has 4 N–H and O–H groups in total. The van der Waals surface area contributed by atoms with E-state index in [4.69, 9.17) is 11.5 Å². The zero-order valence-electron chi connectivity index (χ0n) is 9.95. The van der Waals surface area contributed by atoms with Gasteiger partial charge in [-0.2, -0.15) is 26.3 Å². The van der Waals surface area contributed by atoms with E-state index >= 15 is 0 Å². The van der Waals surface area contributed by atoms with E-state index in [1.54, 1.807) is 0 Å². The minimum absolute atomic E-state index is 0.000943. The largest absolute Gasteiger partial charge is 0.416 e. The number of rotatable bonds is 3. The first-order valence-electron chi connectivity index (χ1n) is 5.42. The lowest BCUT2D eigenvalue weighted by atomic mass is 9.95. The predicted octanol–water partition coefficient (Wildman–Crippen LogP) is 3.21. The molecule has 0 unspecified atom stereocenters. The molecule has 9 heteroatoms. The standard InChI is InChI=1S/C11H11F7N2/c12-7-4-5(10(13,14)15)3-6(11(16,17)18)9(7)8(20)1-2-19/h3-4,8H,1-2,19-20H2/t8-/m0/s1. The summed E-state index contributed by atoms with van der Waals surface area (Å²) in [5, 5.41) is 0. The summed E-state index contributed by atoms with van der Waals surface area (Å²) in [4.78, 5) is 0. The maximum Gasteiger partial charge on any atom is 0.416 e. The predicted molar refractivity (Wildman–Crippen MR) is 57.0 cm³/mol. The Morgan fingerprint density at radius 1 is 1.00 bits per heavy atom. The van der Waals surface area contributed by atoms with Crippen LogP contribution in [0.2, 0.25) is 0 Å². The Labute approximate surface area is 109 Å². The molecule has 0 aromatic heterocycles. The van der Waals surface area contributed by atoms with Crippen molar-refractivity contribution in [1.29, 1.82) is 0 Å². The SMILES string of the molecule is NCC[C@H](N)c1c(F)cc(C(F)(F)F)cc1C(F)(F)F. The first-order valence-corrected chi connectivity index (χ1v) is 5.42. The summed E-state index contributed by atoms with van der Waals surface area (Å²) in [6.45, 7) is -0.126. The first kappa shape index (κ1) is 16.7. The van der Waals surface area contributed by atoms with Crippen LogP contribution < -0.4 is 11.5 Å². The average Bonchev–Trinajstić information content (AvgIpc) is 2.25. The minimum atomic E-state index is -5.15. The Kier molecular flexibility index (Phi) is 4.65. The number of benzene rings is 1. The van der Waals surface area contributed by atoms with E-state index in [0.29, 0.717) is 0 Å². The molecule has 1 atom stereocenters. The number of hydrogen-bond donors (Lipinski definition) is 2. The van der Waals surface area contributed by atoms with Gasteiger partial charge in [0, 0.05) is 11.6 Å². The van der Waals surface area contributed by atoms with Crippen LogP contribution in [0.5, 0.6) is 0 Å². The lowest BCUT2D eigenvalue weighted by Gasteiger charge is -2.20. The Balaban J connectivity index is 3.52. The maximum atomic E-state index is 13.6. The zero-order chi connectivity index (χ0) is 15.7. The van der Waals surface area contributed by atoms with Crippen LogP contribution in [0.1, 0.15) is 29.2 Å².